The number of rotatable bonds is 6. The molecule has 0 aliphatic heterocycles. The molecular formula is C12H19NO. The van der Waals surface area contributed by atoms with Crippen LogP contribution in [-0.2, 0) is 0 Å². The van der Waals surface area contributed by atoms with Gasteiger partial charge in [-0.3, -0.25) is 0 Å². The zero-order valence-corrected chi connectivity index (χ0v) is 8.83. The monoisotopic (exact) mass is 193 g/mol. The van der Waals surface area contributed by atoms with Crippen molar-refractivity contribution in [3.8, 4) is 0 Å². The van der Waals surface area contributed by atoms with Gasteiger partial charge in [-0.25, -0.2) is 0 Å². The summed E-state index contributed by atoms with van der Waals surface area (Å²) in [6.07, 6.45) is 9.21. The third kappa shape index (κ3) is 2.88. The molecule has 78 valence electrons. The van der Waals surface area contributed by atoms with Gasteiger partial charge >= 0.3 is 0 Å². The van der Waals surface area contributed by atoms with Gasteiger partial charge in [-0.15, -0.1) is 0 Å². The highest BCUT2D eigenvalue weighted by atomic mass is 16.3. The summed E-state index contributed by atoms with van der Waals surface area (Å²) < 4.78 is 5.05. The number of hydrogen-bond donors (Lipinski definition) is 1. The zero-order chi connectivity index (χ0) is 9.80. The Hall–Kier alpha value is -0.760. The first-order valence-corrected chi connectivity index (χ1v) is 5.62. The van der Waals surface area contributed by atoms with E-state index in [0.717, 1.165) is 12.5 Å². The second-order valence-corrected chi connectivity index (χ2v) is 4.32. The molecule has 1 unspecified atom stereocenters. The first kappa shape index (κ1) is 9.78. The van der Waals surface area contributed by atoms with E-state index >= 15 is 0 Å². The van der Waals surface area contributed by atoms with E-state index in [4.69, 9.17) is 4.42 Å². The Balaban J connectivity index is 1.59. The molecule has 1 saturated carbocycles. The molecule has 14 heavy (non-hydrogen) atoms. The van der Waals surface area contributed by atoms with E-state index in [1.807, 2.05) is 12.3 Å². The molecule has 0 spiro atoms. The average Bonchev–Trinajstić information content (AvgIpc) is 2.84. The summed E-state index contributed by atoms with van der Waals surface area (Å²) in [6, 6.07) is 2.45. The SMILES string of the molecule is CC(NCCCC1CC1)c1ccoc1. The molecule has 2 rings (SSSR count). The van der Waals surface area contributed by atoms with Gasteiger partial charge in [0.15, 0.2) is 0 Å². The Kier molecular flexibility index (Phi) is 3.25. The van der Waals surface area contributed by atoms with Crippen molar-refractivity contribution in [3.05, 3.63) is 24.2 Å². The van der Waals surface area contributed by atoms with Crippen LogP contribution in [0.1, 0.15) is 44.2 Å². The molecule has 0 saturated heterocycles. The lowest BCUT2D eigenvalue weighted by molar-refractivity contribution is 0.519. The van der Waals surface area contributed by atoms with E-state index in [-0.39, 0.29) is 0 Å². The maximum atomic E-state index is 5.05. The lowest BCUT2D eigenvalue weighted by atomic mass is 10.1. The molecule has 0 bridgehead atoms. The average molecular weight is 193 g/mol. The van der Waals surface area contributed by atoms with E-state index < -0.39 is 0 Å². The minimum Gasteiger partial charge on any atom is -0.472 e. The lowest BCUT2D eigenvalue weighted by Gasteiger charge is -2.11. The summed E-state index contributed by atoms with van der Waals surface area (Å²) in [7, 11) is 0. The van der Waals surface area contributed by atoms with Gasteiger partial charge in [-0.2, -0.15) is 0 Å². The van der Waals surface area contributed by atoms with Gasteiger partial charge in [0, 0.05) is 11.6 Å². The van der Waals surface area contributed by atoms with Crippen molar-refractivity contribution in [2.24, 2.45) is 5.92 Å². The zero-order valence-electron chi connectivity index (χ0n) is 8.83. The predicted octanol–water partition coefficient (Wildman–Crippen LogP) is 3.12. The third-order valence-electron chi connectivity index (χ3n) is 2.98. The summed E-state index contributed by atoms with van der Waals surface area (Å²) in [5.74, 6) is 1.06. The van der Waals surface area contributed by atoms with Crippen LogP contribution >= 0.6 is 0 Å². The predicted molar refractivity (Wildman–Crippen MR) is 57.1 cm³/mol. The Bertz CT molecular complexity index is 251. The Labute approximate surface area is 85.7 Å². The van der Waals surface area contributed by atoms with Crippen molar-refractivity contribution in [1.29, 1.82) is 0 Å². The van der Waals surface area contributed by atoms with Crippen molar-refractivity contribution < 1.29 is 4.42 Å². The molecule has 1 aliphatic carbocycles. The summed E-state index contributed by atoms with van der Waals surface area (Å²) in [6.45, 7) is 3.31. The highest BCUT2D eigenvalue weighted by Gasteiger charge is 2.20. The topological polar surface area (TPSA) is 25.2 Å². The van der Waals surface area contributed by atoms with Crippen LogP contribution in [0.2, 0.25) is 0 Å². The van der Waals surface area contributed by atoms with Gasteiger partial charge in [0.25, 0.3) is 0 Å². The van der Waals surface area contributed by atoms with Gasteiger partial charge in [-0.05, 0) is 38.3 Å². The van der Waals surface area contributed by atoms with E-state index in [2.05, 4.69) is 12.2 Å². The summed E-state index contributed by atoms with van der Waals surface area (Å²) in [4.78, 5) is 0. The first-order valence-electron chi connectivity index (χ1n) is 5.62. The van der Waals surface area contributed by atoms with Crippen LogP contribution in [0.3, 0.4) is 0 Å². The molecule has 1 fully saturated rings. The Morgan fingerprint density at radius 1 is 1.57 bits per heavy atom. The van der Waals surface area contributed by atoms with Crippen molar-refractivity contribution in [3.63, 3.8) is 0 Å². The fraction of sp³-hybridized carbons (Fsp3) is 0.667. The van der Waals surface area contributed by atoms with Crippen LogP contribution in [0.15, 0.2) is 23.0 Å². The van der Waals surface area contributed by atoms with Crippen LogP contribution in [0.25, 0.3) is 0 Å². The third-order valence-corrected chi connectivity index (χ3v) is 2.98. The Morgan fingerprint density at radius 2 is 2.43 bits per heavy atom. The molecule has 0 aromatic carbocycles. The minimum atomic E-state index is 0.424. The molecule has 0 amide bonds. The van der Waals surface area contributed by atoms with Crippen molar-refractivity contribution in [2.75, 3.05) is 6.54 Å². The van der Waals surface area contributed by atoms with Crippen molar-refractivity contribution in [2.45, 2.75) is 38.6 Å². The van der Waals surface area contributed by atoms with Gasteiger partial charge in [0.1, 0.15) is 0 Å². The fourth-order valence-corrected chi connectivity index (χ4v) is 1.76. The van der Waals surface area contributed by atoms with Gasteiger partial charge < -0.3 is 9.73 Å². The molecule has 1 aliphatic rings. The largest absolute Gasteiger partial charge is 0.472 e. The molecule has 2 nitrogen and oxygen atoms in total. The second kappa shape index (κ2) is 4.65. The smallest absolute Gasteiger partial charge is 0.0950 e. The fourth-order valence-electron chi connectivity index (χ4n) is 1.76. The van der Waals surface area contributed by atoms with Crippen molar-refractivity contribution >= 4 is 0 Å². The van der Waals surface area contributed by atoms with E-state index in [9.17, 15) is 0 Å². The summed E-state index contributed by atoms with van der Waals surface area (Å²) in [5, 5.41) is 3.51. The van der Waals surface area contributed by atoms with Gasteiger partial charge in [0.2, 0.25) is 0 Å². The normalized spacial score (nSPS) is 18.4. The molecule has 2 heteroatoms. The van der Waals surface area contributed by atoms with E-state index in [0.29, 0.717) is 6.04 Å². The molecule has 1 atom stereocenters. The van der Waals surface area contributed by atoms with Crippen LogP contribution in [-0.4, -0.2) is 6.54 Å². The molecule has 1 N–H and O–H groups in total. The summed E-state index contributed by atoms with van der Waals surface area (Å²) in [5.41, 5.74) is 1.25. The molecular weight excluding hydrogens is 174 g/mol. The van der Waals surface area contributed by atoms with Crippen LogP contribution in [0, 0.1) is 5.92 Å². The molecule has 1 aromatic rings. The highest BCUT2D eigenvalue weighted by Crippen LogP contribution is 2.33. The lowest BCUT2D eigenvalue weighted by Crippen LogP contribution is -2.19. The van der Waals surface area contributed by atoms with Crippen molar-refractivity contribution in [1.82, 2.24) is 5.32 Å². The standard InChI is InChI=1S/C12H19NO/c1-10(12-6-8-14-9-12)13-7-2-3-11-4-5-11/h6,8-11,13H,2-5,7H2,1H3. The van der Waals surface area contributed by atoms with E-state index in [1.54, 1.807) is 6.26 Å². The maximum Gasteiger partial charge on any atom is 0.0950 e. The maximum absolute atomic E-state index is 5.05. The van der Waals surface area contributed by atoms with Crippen LogP contribution < -0.4 is 5.32 Å². The second-order valence-electron chi connectivity index (χ2n) is 4.32. The Morgan fingerprint density at radius 3 is 3.07 bits per heavy atom. The quantitative estimate of drug-likeness (QED) is 0.702. The molecule has 0 radical (unpaired) electrons. The first-order chi connectivity index (χ1) is 6.86. The molecule has 1 heterocycles. The minimum absolute atomic E-state index is 0.424. The number of furan rings is 1. The van der Waals surface area contributed by atoms with Crippen LogP contribution in [0.4, 0.5) is 0 Å². The highest BCUT2D eigenvalue weighted by molar-refractivity contribution is 5.09. The molecule has 1 aromatic heterocycles. The van der Waals surface area contributed by atoms with E-state index in [1.165, 1.54) is 31.2 Å². The number of nitrogens with one attached hydrogen (secondary N) is 1. The van der Waals surface area contributed by atoms with Gasteiger partial charge in [0.05, 0.1) is 12.5 Å². The number of hydrogen-bond acceptors (Lipinski definition) is 2. The van der Waals surface area contributed by atoms with Crippen LogP contribution in [0.5, 0.6) is 0 Å². The summed E-state index contributed by atoms with van der Waals surface area (Å²) >= 11 is 0. The van der Waals surface area contributed by atoms with Gasteiger partial charge in [-0.1, -0.05) is 12.8 Å².